The van der Waals surface area contributed by atoms with Crippen LogP contribution in [-0.4, -0.2) is 26.9 Å². The van der Waals surface area contributed by atoms with Gasteiger partial charge in [-0.25, -0.2) is 9.97 Å². The molecule has 1 fully saturated rings. The van der Waals surface area contributed by atoms with Crippen molar-refractivity contribution in [3.8, 4) is 0 Å². The number of carbonyl (C=O) groups excluding carboxylic acids is 1. The summed E-state index contributed by atoms with van der Waals surface area (Å²) in [4.78, 5) is 21.1. The molecule has 124 valence electrons. The summed E-state index contributed by atoms with van der Waals surface area (Å²) in [6.07, 6.45) is 5.88. The van der Waals surface area contributed by atoms with Gasteiger partial charge >= 0.3 is 5.97 Å². The van der Waals surface area contributed by atoms with E-state index >= 15 is 0 Å². The van der Waals surface area contributed by atoms with E-state index in [1.165, 1.54) is 0 Å². The fraction of sp³-hybridized carbons (Fsp3) is 0.562. The van der Waals surface area contributed by atoms with Crippen LogP contribution in [0.3, 0.4) is 0 Å². The van der Waals surface area contributed by atoms with Crippen molar-refractivity contribution in [2.75, 3.05) is 6.61 Å². The van der Waals surface area contributed by atoms with Crippen LogP contribution in [0, 0.1) is 5.41 Å². The highest BCUT2D eigenvalue weighted by atomic mass is 79.9. The summed E-state index contributed by atoms with van der Waals surface area (Å²) in [5, 5.41) is 0.410. The minimum atomic E-state index is -0.472. The molecule has 3 rings (SSSR count). The molecule has 2 aromatic rings. The number of imidazole rings is 1. The van der Waals surface area contributed by atoms with E-state index in [1.807, 2.05) is 24.4 Å². The highest BCUT2D eigenvalue weighted by Gasteiger charge is 2.50. The molecule has 1 aliphatic carbocycles. The van der Waals surface area contributed by atoms with Gasteiger partial charge in [-0.3, -0.25) is 9.20 Å². The maximum atomic E-state index is 12.3. The van der Waals surface area contributed by atoms with Crippen molar-refractivity contribution >= 4 is 39.0 Å². The second kappa shape index (κ2) is 5.74. The highest BCUT2D eigenvalue weighted by Crippen LogP contribution is 2.51. The van der Waals surface area contributed by atoms with Crippen molar-refractivity contribution in [2.24, 2.45) is 5.41 Å². The van der Waals surface area contributed by atoms with E-state index in [0.29, 0.717) is 22.8 Å². The molecule has 2 aromatic heterocycles. The van der Waals surface area contributed by atoms with Crippen LogP contribution in [0.2, 0.25) is 5.15 Å². The fourth-order valence-electron chi connectivity index (χ4n) is 3.65. The van der Waals surface area contributed by atoms with Gasteiger partial charge in [0.05, 0.1) is 12.0 Å². The van der Waals surface area contributed by atoms with Crippen LogP contribution < -0.4 is 0 Å². The molecule has 0 N–H and O–H groups in total. The van der Waals surface area contributed by atoms with Crippen molar-refractivity contribution in [2.45, 2.75) is 45.4 Å². The van der Waals surface area contributed by atoms with E-state index in [9.17, 15) is 4.79 Å². The average molecular weight is 401 g/mol. The summed E-state index contributed by atoms with van der Waals surface area (Å²) in [5.74, 6) is 0.778. The Morgan fingerprint density at radius 2 is 2.22 bits per heavy atom. The number of esters is 1. The third-order valence-electron chi connectivity index (χ3n) is 4.78. The minimum Gasteiger partial charge on any atom is -0.466 e. The number of halogens is 2. The Labute approximate surface area is 148 Å². The van der Waals surface area contributed by atoms with Crippen molar-refractivity contribution in [1.29, 1.82) is 0 Å². The van der Waals surface area contributed by atoms with E-state index < -0.39 is 5.41 Å². The number of rotatable bonds is 3. The Balaban J connectivity index is 2.03. The molecular formula is C16H19BrClN3O2. The third kappa shape index (κ3) is 2.66. The first-order valence-electron chi connectivity index (χ1n) is 7.66. The molecule has 0 spiro atoms. The molecular weight excluding hydrogens is 382 g/mol. The molecule has 2 heterocycles. The first-order chi connectivity index (χ1) is 10.8. The minimum absolute atomic E-state index is 0.122. The smallest absolute Gasteiger partial charge is 0.311 e. The molecule has 0 aromatic carbocycles. The summed E-state index contributed by atoms with van der Waals surface area (Å²) < 4.78 is 7.91. The number of hydrogen-bond acceptors (Lipinski definition) is 4. The van der Waals surface area contributed by atoms with Gasteiger partial charge in [0, 0.05) is 17.8 Å². The number of carbonyl (C=O) groups is 1. The van der Waals surface area contributed by atoms with Gasteiger partial charge in [-0.1, -0.05) is 18.5 Å². The zero-order valence-electron chi connectivity index (χ0n) is 13.4. The summed E-state index contributed by atoms with van der Waals surface area (Å²) in [6.45, 7) is 6.37. The van der Waals surface area contributed by atoms with Crippen LogP contribution in [0.15, 0.2) is 17.0 Å². The Morgan fingerprint density at radius 1 is 1.48 bits per heavy atom. The summed E-state index contributed by atoms with van der Waals surface area (Å²) >= 11 is 9.67. The number of fused-ring (bicyclic) bond motifs is 1. The Kier molecular flexibility index (Phi) is 4.17. The van der Waals surface area contributed by atoms with Gasteiger partial charge in [0.15, 0.2) is 5.15 Å². The molecule has 5 nitrogen and oxygen atoms in total. The number of nitrogens with zero attached hydrogens (tertiary/aromatic N) is 3. The molecule has 0 bridgehead atoms. The van der Waals surface area contributed by atoms with Crippen molar-refractivity contribution in [3.05, 3.63) is 28.0 Å². The topological polar surface area (TPSA) is 56.5 Å². The Hall–Kier alpha value is -1.14. The lowest BCUT2D eigenvalue weighted by Gasteiger charge is -2.26. The van der Waals surface area contributed by atoms with Crippen molar-refractivity contribution in [3.63, 3.8) is 0 Å². The average Bonchev–Trinajstić information content (AvgIpc) is 3.00. The zero-order valence-corrected chi connectivity index (χ0v) is 15.7. The van der Waals surface area contributed by atoms with Crippen molar-refractivity contribution < 1.29 is 9.53 Å². The highest BCUT2D eigenvalue weighted by molar-refractivity contribution is 9.10. The summed E-state index contributed by atoms with van der Waals surface area (Å²) in [6, 6.07) is 0. The SMILES string of the molecule is CCOC(=O)C1(C)CCC(C)(c2nc(Br)c3c(Cl)nccn23)C1. The van der Waals surface area contributed by atoms with Crippen molar-refractivity contribution in [1.82, 2.24) is 14.4 Å². The number of hydrogen-bond donors (Lipinski definition) is 0. The van der Waals surface area contributed by atoms with Crippen LogP contribution in [-0.2, 0) is 14.9 Å². The number of aromatic nitrogens is 3. The molecule has 1 saturated carbocycles. The van der Waals surface area contributed by atoms with Gasteiger partial charge in [-0.05, 0) is 49.0 Å². The molecule has 0 saturated heterocycles. The van der Waals surface area contributed by atoms with E-state index in [0.717, 1.165) is 24.2 Å². The standard InChI is InChI=1S/C16H19BrClN3O2/c1-4-23-14(22)16(3)6-5-15(2,9-16)13-20-11(17)10-12(18)19-7-8-21(10)13/h7-8H,4-6,9H2,1-3H3. The van der Waals surface area contributed by atoms with Gasteiger partial charge in [-0.15, -0.1) is 0 Å². The lowest BCUT2D eigenvalue weighted by Crippen LogP contribution is -2.30. The lowest BCUT2D eigenvalue weighted by molar-refractivity contribution is -0.154. The summed E-state index contributed by atoms with van der Waals surface area (Å²) in [7, 11) is 0. The van der Waals surface area contributed by atoms with Gasteiger partial charge in [0.25, 0.3) is 0 Å². The third-order valence-corrected chi connectivity index (χ3v) is 5.61. The second-order valence-corrected chi connectivity index (χ2v) is 7.79. The maximum Gasteiger partial charge on any atom is 0.311 e. The largest absolute Gasteiger partial charge is 0.466 e. The first-order valence-corrected chi connectivity index (χ1v) is 8.83. The molecule has 2 unspecified atom stereocenters. The predicted octanol–water partition coefficient (Wildman–Crippen LogP) is 4.16. The van der Waals surface area contributed by atoms with E-state index in [1.54, 1.807) is 6.20 Å². The molecule has 0 radical (unpaired) electrons. The normalized spacial score (nSPS) is 27.5. The van der Waals surface area contributed by atoms with Gasteiger partial charge in [0.1, 0.15) is 15.9 Å². The van der Waals surface area contributed by atoms with Gasteiger partial charge < -0.3 is 4.74 Å². The van der Waals surface area contributed by atoms with E-state index in [-0.39, 0.29) is 11.4 Å². The Bertz CT molecular complexity index is 778. The molecule has 7 heteroatoms. The van der Waals surface area contributed by atoms with Gasteiger partial charge in [0.2, 0.25) is 0 Å². The molecule has 2 atom stereocenters. The lowest BCUT2D eigenvalue weighted by atomic mass is 9.81. The van der Waals surface area contributed by atoms with Crippen LogP contribution in [0.4, 0.5) is 0 Å². The second-order valence-electron chi connectivity index (χ2n) is 6.68. The first kappa shape index (κ1) is 16.7. The summed E-state index contributed by atoms with van der Waals surface area (Å²) in [5.41, 5.74) is 0.0660. The van der Waals surface area contributed by atoms with Crippen LogP contribution >= 0.6 is 27.5 Å². The number of ether oxygens (including phenoxy) is 1. The Morgan fingerprint density at radius 3 is 2.91 bits per heavy atom. The quantitative estimate of drug-likeness (QED) is 0.726. The zero-order chi connectivity index (χ0) is 16.8. The fourth-order valence-corrected chi connectivity index (χ4v) is 4.54. The van der Waals surface area contributed by atoms with Crippen LogP contribution in [0.5, 0.6) is 0 Å². The van der Waals surface area contributed by atoms with E-state index in [4.69, 9.17) is 16.3 Å². The molecule has 0 amide bonds. The predicted molar refractivity (Wildman–Crippen MR) is 91.6 cm³/mol. The van der Waals surface area contributed by atoms with Crippen LogP contribution in [0.25, 0.3) is 5.52 Å². The van der Waals surface area contributed by atoms with Crippen LogP contribution in [0.1, 0.15) is 45.9 Å². The van der Waals surface area contributed by atoms with Gasteiger partial charge in [-0.2, -0.15) is 0 Å². The molecule has 23 heavy (non-hydrogen) atoms. The maximum absolute atomic E-state index is 12.3. The monoisotopic (exact) mass is 399 g/mol. The van der Waals surface area contributed by atoms with E-state index in [2.05, 4.69) is 32.8 Å². The molecule has 1 aliphatic rings. The molecule has 0 aliphatic heterocycles.